The van der Waals surface area contributed by atoms with Gasteiger partial charge in [0.25, 0.3) is 0 Å². The van der Waals surface area contributed by atoms with E-state index in [1.165, 1.54) is 12.8 Å². The molecular formula is C11H26O2Si. The van der Waals surface area contributed by atoms with E-state index in [0.29, 0.717) is 0 Å². The molecule has 0 aromatic heterocycles. The third-order valence-corrected chi connectivity index (χ3v) is 6.16. The zero-order valence-electron chi connectivity index (χ0n) is 10.3. The molecule has 0 aliphatic heterocycles. The van der Waals surface area contributed by atoms with E-state index in [0.717, 1.165) is 31.7 Å². The first-order valence-electron chi connectivity index (χ1n) is 6.02. The second-order valence-electron chi connectivity index (χ2n) is 3.65. The van der Waals surface area contributed by atoms with Crippen LogP contribution in [0.3, 0.4) is 0 Å². The van der Waals surface area contributed by atoms with Gasteiger partial charge in [-0.1, -0.05) is 33.6 Å². The number of hydrogen-bond donors (Lipinski definition) is 0. The van der Waals surface area contributed by atoms with Crippen molar-refractivity contribution in [3.05, 3.63) is 0 Å². The average molecular weight is 218 g/mol. The lowest BCUT2D eigenvalue weighted by Crippen LogP contribution is -2.41. The minimum atomic E-state index is -1.81. The van der Waals surface area contributed by atoms with Gasteiger partial charge in [0.05, 0.1) is 0 Å². The fourth-order valence-electron chi connectivity index (χ4n) is 1.56. The van der Waals surface area contributed by atoms with Crippen molar-refractivity contribution in [2.24, 2.45) is 0 Å². The zero-order valence-corrected chi connectivity index (χ0v) is 11.3. The van der Waals surface area contributed by atoms with Crippen molar-refractivity contribution >= 4 is 8.56 Å². The quantitative estimate of drug-likeness (QED) is 0.549. The first-order valence-corrected chi connectivity index (χ1v) is 8.25. The fourth-order valence-corrected chi connectivity index (χ4v) is 4.69. The minimum Gasteiger partial charge on any atom is -0.394 e. The SMILES string of the molecule is CCCC[Si](CC)(OCC)OCCC. The van der Waals surface area contributed by atoms with Crippen LogP contribution in [0.4, 0.5) is 0 Å². The summed E-state index contributed by atoms with van der Waals surface area (Å²) in [6.45, 7) is 10.3. The van der Waals surface area contributed by atoms with E-state index in [1.54, 1.807) is 0 Å². The first kappa shape index (κ1) is 14.1. The molecule has 0 bridgehead atoms. The van der Waals surface area contributed by atoms with E-state index in [2.05, 4.69) is 27.7 Å². The topological polar surface area (TPSA) is 18.5 Å². The maximum Gasteiger partial charge on any atom is 0.337 e. The second-order valence-corrected chi connectivity index (χ2v) is 7.26. The van der Waals surface area contributed by atoms with Crippen LogP contribution in [0.5, 0.6) is 0 Å². The van der Waals surface area contributed by atoms with E-state index in [-0.39, 0.29) is 0 Å². The van der Waals surface area contributed by atoms with Crippen LogP contribution < -0.4 is 0 Å². The van der Waals surface area contributed by atoms with Crippen molar-refractivity contribution in [3.8, 4) is 0 Å². The summed E-state index contributed by atoms with van der Waals surface area (Å²) in [5.74, 6) is 0. The maximum atomic E-state index is 5.99. The van der Waals surface area contributed by atoms with Gasteiger partial charge >= 0.3 is 8.56 Å². The van der Waals surface area contributed by atoms with Crippen LogP contribution in [0.1, 0.15) is 47.0 Å². The Labute approximate surface area is 90.2 Å². The minimum absolute atomic E-state index is 0.799. The highest BCUT2D eigenvalue weighted by Crippen LogP contribution is 2.21. The Morgan fingerprint density at radius 3 is 2.07 bits per heavy atom. The Bertz CT molecular complexity index is 120. The monoisotopic (exact) mass is 218 g/mol. The molecular weight excluding hydrogens is 192 g/mol. The molecule has 0 amide bonds. The molecule has 0 N–H and O–H groups in total. The van der Waals surface area contributed by atoms with Gasteiger partial charge in [0.1, 0.15) is 0 Å². The molecule has 0 heterocycles. The van der Waals surface area contributed by atoms with E-state index < -0.39 is 8.56 Å². The largest absolute Gasteiger partial charge is 0.394 e. The highest BCUT2D eigenvalue weighted by Gasteiger charge is 2.34. The number of hydrogen-bond acceptors (Lipinski definition) is 2. The van der Waals surface area contributed by atoms with Crippen LogP contribution in [0.15, 0.2) is 0 Å². The average Bonchev–Trinajstić information content (AvgIpc) is 2.22. The van der Waals surface area contributed by atoms with Crippen LogP contribution in [-0.4, -0.2) is 21.8 Å². The van der Waals surface area contributed by atoms with Crippen molar-refractivity contribution in [3.63, 3.8) is 0 Å². The van der Waals surface area contributed by atoms with Crippen LogP contribution in [-0.2, 0) is 8.85 Å². The van der Waals surface area contributed by atoms with Gasteiger partial charge in [-0.3, -0.25) is 0 Å². The van der Waals surface area contributed by atoms with Crippen LogP contribution in [0.25, 0.3) is 0 Å². The first-order chi connectivity index (χ1) is 6.74. The number of unbranched alkanes of at least 4 members (excludes halogenated alkanes) is 1. The van der Waals surface area contributed by atoms with Gasteiger partial charge in [0.2, 0.25) is 0 Å². The third kappa shape index (κ3) is 5.13. The van der Waals surface area contributed by atoms with Gasteiger partial charge < -0.3 is 8.85 Å². The van der Waals surface area contributed by atoms with Crippen LogP contribution in [0.2, 0.25) is 12.1 Å². The molecule has 2 nitrogen and oxygen atoms in total. The third-order valence-electron chi connectivity index (χ3n) is 2.43. The molecule has 0 aliphatic rings. The second kappa shape index (κ2) is 8.45. The Morgan fingerprint density at radius 2 is 1.64 bits per heavy atom. The van der Waals surface area contributed by atoms with Gasteiger partial charge in [0, 0.05) is 13.2 Å². The normalized spacial score (nSPS) is 15.4. The summed E-state index contributed by atoms with van der Waals surface area (Å²) in [5, 5.41) is 0. The summed E-state index contributed by atoms with van der Waals surface area (Å²) in [6, 6.07) is 2.24. The lowest BCUT2D eigenvalue weighted by Gasteiger charge is -2.29. The molecule has 3 heteroatoms. The molecule has 86 valence electrons. The summed E-state index contributed by atoms with van der Waals surface area (Å²) >= 11 is 0. The van der Waals surface area contributed by atoms with Gasteiger partial charge in [-0.2, -0.15) is 0 Å². The maximum absolute atomic E-state index is 5.99. The molecule has 0 spiro atoms. The van der Waals surface area contributed by atoms with Crippen LogP contribution >= 0.6 is 0 Å². The van der Waals surface area contributed by atoms with E-state index >= 15 is 0 Å². The summed E-state index contributed by atoms with van der Waals surface area (Å²) in [6.07, 6.45) is 3.56. The smallest absolute Gasteiger partial charge is 0.337 e. The summed E-state index contributed by atoms with van der Waals surface area (Å²) in [4.78, 5) is 0. The Balaban J connectivity index is 4.11. The van der Waals surface area contributed by atoms with Crippen molar-refractivity contribution in [2.75, 3.05) is 13.2 Å². The molecule has 0 aromatic rings. The van der Waals surface area contributed by atoms with Crippen LogP contribution in [0, 0.1) is 0 Å². The van der Waals surface area contributed by atoms with Gasteiger partial charge in [-0.25, -0.2) is 0 Å². The van der Waals surface area contributed by atoms with E-state index in [1.807, 2.05) is 0 Å². The highest BCUT2D eigenvalue weighted by molar-refractivity contribution is 6.67. The zero-order chi connectivity index (χ0) is 10.9. The van der Waals surface area contributed by atoms with Crippen molar-refractivity contribution in [1.29, 1.82) is 0 Å². The molecule has 1 unspecified atom stereocenters. The Morgan fingerprint density at radius 1 is 0.929 bits per heavy atom. The van der Waals surface area contributed by atoms with Gasteiger partial charge in [-0.05, 0) is 25.4 Å². The lowest BCUT2D eigenvalue weighted by molar-refractivity contribution is 0.174. The molecule has 1 atom stereocenters. The van der Waals surface area contributed by atoms with E-state index in [4.69, 9.17) is 8.85 Å². The Kier molecular flexibility index (Phi) is 8.53. The molecule has 0 aliphatic carbocycles. The molecule has 0 saturated heterocycles. The van der Waals surface area contributed by atoms with Crippen molar-refractivity contribution < 1.29 is 8.85 Å². The molecule has 14 heavy (non-hydrogen) atoms. The molecule has 0 radical (unpaired) electrons. The highest BCUT2D eigenvalue weighted by atomic mass is 28.4. The molecule has 0 fully saturated rings. The Hall–Kier alpha value is 0.137. The fraction of sp³-hybridized carbons (Fsp3) is 1.00. The van der Waals surface area contributed by atoms with Gasteiger partial charge in [0.15, 0.2) is 0 Å². The van der Waals surface area contributed by atoms with Crippen molar-refractivity contribution in [2.45, 2.75) is 59.0 Å². The molecule has 0 saturated carbocycles. The molecule has 0 rings (SSSR count). The van der Waals surface area contributed by atoms with Crippen molar-refractivity contribution in [1.82, 2.24) is 0 Å². The predicted molar refractivity (Wildman–Crippen MR) is 63.8 cm³/mol. The van der Waals surface area contributed by atoms with Gasteiger partial charge in [-0.15, -0.1) is 0 Å². The lowest BCUT2D eigenvalue weighted by atomic mass is 10.4. The molecule has 0 aromatic carbocycles. The number of rotatable bonds is 9. The predicted octanol–water partition coefficient (Wildman–Crippen LogP) is 3.71. The summed E-state index contributed by atoms with van der Waals surface area (Å²) < 4.78 is 11.9. The summed E-state index contributed by atoms with van der Waals surface area (Å²) in [5.41, 5.74) is 0. The summed E-state index contributed by atoms with van der Waals surface area (Å²) in [7, 11) is -1.81. The standard InChI is InChI=1S/C11H26O2Si/c1-5-9-11-14(8-4,12-7-3)13-10-6-2/h5-11H2,1-4H3. The van der Waals surface area contributed by atoms with E-state index in [9.17, 15) is 0 Å².